The molecule has 0 unspecified atom stereocenters. The van der Waals surface area contributed by atoms with Gasteiger partial charge in [-0.05, 0) is 78.5 Å². The minimum absolute atomic E-state index is 0.106. The second-order valence-corrected chi connectivity index (χ2v) is 8.17. The Kier molecular flexibility index (Phi) is 3.97. The van der Waals surface area contributed by atoms with Crippen LogP contribution in [0.15, 0.2) is 30.9 Å². The summed E-state index contributed by atoms with van der Waals surface area (Å²) >= 11 is 0. The Bertz CT molecular complexity index is 640. The Morgan fingerprint density at radius 3 is 2.96 bits per heavy atom. The van der Waals surface area contributed by atoms with Crippen LogP contribution < -0.4 is 4.74 Å². The van der Waals surface area contributed by atoms with E-state index in [1.54, 1.807) is 6.08 Å². The van der Waals surface area contributed by atoms with Gasteiger partial charge in [-0.2, -0.15) is 0 Å². The number of rotatable bonds is 3. The highest BCUT2D eigenvalue weighted by molar-refractivity contribution is 5.41. The van der Waals surface area contributed by atoms with Crippen LogP contribution in [0.1, 0.15) is 49.7 Å². The van der Waals surface area contributed by atoms with Crippen LogP contribution in [0.5, 0.6) is 5.75 Å². The number of aliphatic hydroxyl groups excluding tert-OH is 2. The van der Waals surface area contributed by atoms with Crippen molar-refractivity contribution in [2.24, 2.45) is 17.3 Å². The minimum Gasteiger partial charge on any atom is -0.490 e. The van der Waals surface area contributed by atoms with Gasteiger partial charge < -0.3 is 14.9 Å². The molecule has 0 radical (unpaired) electrons. The van der Waals surface area contributed by atoms with Crippen LogP contribution in [-0.2, 0) is 6.42 Å². The van der Waals surface area contributed by atoms with Crippen LogP contribution in [-0.4, -0.2) is 29.0 Å². The van der Waals surface area contributed by atoms with Gasteiger partial charge in [-0.3, -0.25) is 0 Å². The van der Waals surface area contributed by atoms with E-state index in [9.17, 15) is 10.2 Å². The molecule has 3 aliphatic carbocycles. The van der Waals surface area contributed by atoms with Crippen molar-refractivity contribution in [3.63, 3.8) is 0 Å². The van der Waals surface area contributed by atoms with E-state index in [-0.39, 0.29) is 5.41 Å². The lowest BCUT2D eigenvalue weighted by Gasteiger charge is -2.49. The second-order valence-electron chi connectivity index (χ2n) is 8.17. The highest BCUT2D eigenvalue weighted by Gasteiger charge is 2.57. The molecule has 0 amide bonds. The average Bonchev–Trinajstić information content (AvgIpc) is 2.83. The number of aryl methyl sites for hydroxylation is 1. The Hall–Kier alpha value is -1.32. The molecule has 130 valence electrons. The van der Waals surface area contributed by atoms with Crippen molar-refractivity contribution in [2.45, 2.75) is 57.2 Å². The molecule has 4 rings (SSSR count). The number of benzene rings is 1. The van der Waals surface area contributed by atoms with E-state index in [2.05, 4.69) is 31.7 Å². The van der Waals surface area contributed by atoms with Gasteiger partial charge in [0.25, 0.3) is 0 Å². The van der Waals surface area contributed by atoms with Crippen LogP contribution in [0.3, 0.4) is 0 Å². The van der Waals surface area contributed by atoms with Crippen LogP contribution >= 0.6 is 0 Å². The van der Waals surface area contributed by atoms with E-state index in [0.29, 0.717) is 24.4 Å². The average molecular weight is 328 g/mol. The third kappa shape index (κ3) is 2.33. The first-order valence-electron chi connectivity index (χ1n) is 9.27. The summed E-state index contributed by atoms with van der Waals surface area (Å²) in [6.07, 6.45) is 5.77. The van der Waals surface area contributed by atoms with Gasteiger partial charge >= 0.3 is 0 Å². The summed E-state index contributed by atoms with van der Waals surface area (Å²) < 4.78 is 5.69. The van der Waals surface area contributed by atoms with Gasteiger partial charge in [-0.1, -0.05) is 25.6 Å². The summed E-state index contributed by atoms with van der Waals surface area (Å²) in [5.41, 5.74) is 2.78. The Balaban J connectivity index is 1.61. The molecule has 2 fully saturated rings. The number of hydrogen-bond acceptors (Lipinski definition) is 3. The van der Waals surface area contributed by atoms with Crippen LogP contribution in [0, 0.1) is 17.3 Å². The summed E-state index contributed by atoms with van der Waals surface area (Å²) in [5.74, 6) is 2.52. The predicted octanol–water partition coefficient (Wildman–Crippen LogP) is 3.44. The maximum atomic E-state index is 10.5. The second kappa shape index (κ2) is 5.89. The predicted molar refractivity (Wildman–Crippen MR) is 94.1 cm³/mol. The normalized spacial score (nSPS) is 40.4. The fourth-order valence-corrected chi connectivity index (χ4v) is 5.79. The van der Waals surface area contributed by atoms with E-state index in [4.69, 9.17) is 4.74 Å². The molecule has 0 aromatic heterocycles. The first-order chi connectivity index (χ1) is 11.5. The van der Waals surface area contributed by atoms with Gasteiger partial charge in [-0.15, -0.1) is 0 Å². The summed E-state index contributed by atoms with van der Waals surface area (Å²) in [4.78, 5) is 0. The maximum Gasteiger partial charge on any atom is 0.120 e. The monoisotopic (exact) mass is 328 g/mol. The molecule has 2 saturated carbocycles. The zero-order valence-corrected chi connectivity index (χ0v) is 14.4. The lowest BCUT2D eigenvalue weighted by Crippen LogP contribution is -2.44. The van der Waals surface area contributed by atoms with Gasteiger partial charge in [0, 0.05) is 0 Å². The number of aliphatic hydroxyl groups is 2. The molecule has 3 nitrogen and oxygen atoms in total. The van der Waals surface area contributed by atoms with Crippen molar-refractivity contribution >= 4 is 0 Å². The molecule has 3 aliphatic rings. The van der Waals surface area contributed by atoms with Crippen molar-refractivity contribution in [2.75, 3.05) is 6.61 Å². The van der Waals surface area contributed by atoms with Crippen LogP contribution in [0.25, 0.3) is 0 Å². The number of fused-ring (bicyclic) bond motifs is 5. The SMILES string of the molecule is C=CCOc1ccc2c(c1)CC[C@@H]1[C@@H]2CC[C@]2(C)[C@H](O)[C@H](O)C[C@@H]12. The van der Waals surface area contributed by atoms with Gasteiger partial charge in [0.15, 0.2) is 0 Å². The summed E-state index contributed by atoms with van der Waals surface area (Å²) in [6, 6.07) is 6.52. The first-order valence-corrected chi connectivity index (χ1v) is 9.27. The minimum atomic E-state index is -0.556. The topological polar surface area (TPSA) is 49.7 Å². The highest BCUT2D eigenvalue weighted by Crippen LogP contribution is 2.60. The molecule has 1 aromatic carbocycles. The zero-order chi connectivity index (χ0) is 16.9. The molecular formula is C21H28O3. The van der Waals surface area contributed by atoms with Crippen molar-refractivity contribution in [3.05, 3.63) is 42.0 Å². The lowest BCUT2D eigenvalue weighted by atomic mass is 9.55. The van der Waals surface area contributed by atoms with E-state index in [0.717, 1.165) is 37.9 Å². The fraction of sp³-hybridized carbons (Fsp3) is 0.619. The molecule has 0 heterocycles. The third-order valence-corrected chi connectivity index (χ3v) is 7.04. The van der Waals surface area contributed by atoms with E-state index >= 15 is 0 Å². The maximum absolute atomic E-state index is 10.5. The molecule has 3 heteroatoms. The number of ether oxygens (including phenoxy) is 1. The van der Waals surface area contributed by atoms with Crippen molar-refractivity contribution in [3.8, 4) is 5.75 Å². The molecule has 0 aliphatic heterocycles. The molecule has 6 atom stereocenters. The molecule has 1 aromatic rings. The van der Waals surface area contributed by atoms with E-state index in [1.165, 1.54) is 11.1 Å². The molecular weight excluding hydrogens is 300 g/mol. The third-order valence-electron chi connectivity index (χ3n) is 7.04. The van der Waals surface area contributed by atoms with Crippen molar-refractivity contribution in [1.82, 2.24) is 0 Å². The van der Waals surface area contributed by atoms with Gasteiger partial charge in [0.05, 0.1) is 12.2 Å². The highest BCUT2D eigenvalue weighted by atomic mass is 16.5. The van der Waals surface area contributed by atoms with Crippen LogP contribution in [0.2, 0.25) is 0 Å². The standard InChI is InChI=1S/C21H28O3/c1-3-10-24-14-5-7-15-13(11-14)4-6-17-16(15)8-9-21(2)18(17)12-19(22)20(21)23/h3,5,7,11,16-20,22-23H,1,4,6,8-10,12H2,2H3/t16-,17-,18+,19-,20-,21+/m1/s1. The van der Waals surface area contributed by atoms with Crippen LogP contribution in [0.4, 0.5) is 0 Å². The quantitative estimate of drug-likeness (QED) is 0.836. The summed E-state index contributed by atoms with van der Waals surface area (Å²) in [5, 5.41) is 20.7. The van der Waals surface area contributed by atoms with Crippen molar-refractivity contribution in [1.29, 1.82) is 0 Å². The number of hydrogen-bond donors (Lipinski definition) is 2. The van der Waals surface area contributed by atoms with Gasteiger partial charge in [0.1, 0.15) is 12.4 Å². The fourth-order valence-electron chi connectivity index (χ4n) is 5.79. The molecule has 0 spiro atoms. The largest absolute Gasteiger partial charge is 0.490 e. The van der Waals surface area contributed by atoms with E-state index < -0.39 is 12.2 Å². The lowest BCUT2D eigenvalue weighted by molar-refractivity contribution is -0.0505. The Morgan fingerprint density at radius 1 is 1.33 bits per heavy atom. The Labute approximate surface area is 144 Å². The Morgan fingerprint density at radius 2 is 2.17 bits per heavy atom. The smallest absolute Gasteiger partial charge is 0.120 e. The molecule has 2 N–H and O–H groups in total. The zero-order valence-electron chi connectivity index (χ0n) is 14.4. The van der Waals surface area contributed by atoms with Gasteiger partial charge in [-0.25, -0.2) is 0 Å². The molecule has 24 heavy (non-hydrogen) atoms. The summed E-state index contributed by atoms with van der Waals surface area (Å²) in [7, 11) is 0. The molecule has 0 bridgehead atoms. The van der Waals surface area contributed by atoms with Crippen molar-refractivity contribution < 1.29 is 14.9 Å². The summed E-state index contributed by atoms with van der Waals surface area (Å²) in [6.45, 7) is 6.43. The van der Waals surface area contributed by atoms with E-state index in [1.807, 2.05) is 0 Å². The molecule has 0 saturated heterocycles. The van der Waals surface area contributed by atoms with Gasteiger partial charge in [0.2, 0.25) is 0 Å². The first kappa shape index (κ1) is 16.2.